The lowest BCUT2D eigenvalue weighted by atomic mass is 10.2. The van der Waals surface area contributed by atoms with Gasteiger partial charge in [-0.2, -0.15) is 0 Å². The first-order valence-electron chi connectivity index (χ1n) is 5.86. The van der Waals surface area contributed by atoms with E-state index in [0.717, 1.165) is 21.3 Å². The molecule has 0 spiro atoms. The van der Waals surface area contributed by atoms with Crippen molar-refractivity contribution in [2.75, 3.05) is 17.3 Å². The number of anilines is 1. The Labute approximate surface area is 124 Å². The molecule has 2 nitrogen and oxygen atoms in total. The minimum absolute atomic E-state index is 0.596. The average molecular weight is 383 g/mol. The monoisotopic (exact) mass is 380 g/mol. The van der Waals surface area contributed by atoms with Crippen LogP contribution in [-0.2, 0) is 0 Å². The topological polar surface area (TPSA) is 16.1 Å². The lowest BCUT2D eigenvalue weighted by Crippen LogP contribution is -2.35. The summed E-state index contributed by atoms with van der Waals surface area (Å²) in [6.45, 7) is 0.861. The Kier molecular flexibility index (Phi) is 5.12. The molecule has 0 amide bonds. The summed E-state index contributed by atoms with van der Waals surface area (Å²) in [5.74, 6) is 1.65. The predicted octanol–water partition coefficient (Wildman–Crippen LogP) is 4.59. The van der Waals surface area contributed by atoms with Gasteiger partial charge >= 0.3 is 0 Å². The van der Waals surface area contributed by atoms with Gasteiger partial charge in [0.2, 0.25) is 0 Å². The van der Waals surface area contributed by atoms with Crippen molar-refractivity contribution in [3.63, 3.8) is 0 Å². The normalized spacial score (nSPS) is 16.4. The Morgan fingerprint density at radius 3 is 2.65 bits per heavy atom. The zero-order valence-electron chi connectivity index (χ0n) is 9.50. The van der Waals surface area contributed by atoms with Gasteiger partial charge in [-0.15, -0.1) is 11.6 Å². The van der Waals surface area contributed by atoms with Crippen molar-refractivity contribution in [3.8, 4) is 0 Å². The predicted molar refractivity (Wildman–Crippen MR) is 80.0 cm³/mol. The minimum Gasteiger partial charge on any atom is -0.352 e. The molecule has 1 aliphatic carbocycles. The molecule has 0 bridgehead atoms. The third-order valence-electron chi connectivity index (χ3n) is 3.15. The van der Waals surface area contributed by atoms with Crippen molar-refractivity contribution >= 4 is 49.3 Å². The van der Waals surface area contributed by atoms with Gasteiger partial charge < -0.3 is 4.90 Å². The molecule has 2 rings (SSSR count). The van der Waals surface area contributed by atoms with E-state index >= 15 is 0 Å². The van der Waals surface area contributed by atoms with Crippen LogP contribution < -0.4 is 4.90 Å². The number of alkyl halides is 1. The Balaban J connectivity index is 2.24. The van der Waals surface area contributed by atoms with E-state index in [1.165, 1.54) is 25.7 Å². The summed E-state index contributed by atoms with van der Waals surface area (Å²) in [5.41, 5.74) is 0. The Morgan fingerprint density at radius 2 is 2.06 bits per heavy atom. The highest BCUT2D eigenvalue weighted by Gasteiger charge is 2.24. The lowest BCUT2D eigenvalue weighted by Gasteiger charge is -2.30. The first-order valence-corrected chi connectivity index (χ1v) is 7.98. The second-order valence-corrected chi connectivity index (χ2v) is 6.43. The first kappa shape index (κ1) is 13.6. The van der Waals surface area contributed by atoms with E-state index in [1.54, 1.807) is 0 Å². The summed E-state index contributed by atoms with van der Waals surface area (Å²) in [7, 11) is 0. The quantitative estimate of drug-likeness (QED) is 0.708. The van der Waals surface area contributed by atoms with Gasteiger partial charge in [0.25, 0.3) is 0 Å². The van der Waals surface area contributed by atoms with Crippen LogP contribution in [0.2, 0.25) is 0 Å². The molecule has 1 aromatic heterocycles. The second kappa shape index (κ2) is 6.39. The maximum absolute atomic E-state index is 5.91. The zero-order chi connectivity index (χ0) is 12.3. The smallest absolute Gasteiger partial charge is 0.143 e. The van der Waals surface area contributed by atoms with Crippen molar-refractivity contribution in [1.82, 2.24) is 4.98 Å². The van der Waals surface area contributed by atoms with Gasteiger partial charge in [0.05, 0.1) is 4.47 Å². The van der Waals surface area contributed by atoms with Crippen molar-refractivity contribution in [2.24, 2.45) is 0 Å². The highest BCUT2D eigenvalue weighted by atomic mass is 79.9. The molecule has 17 heavy (non-hydrogen) atoms. The molecular formula is C12H15Br2ClN2. The van der Waals surface area contributed by atoms with Gasteiger partial charge in [-0.3, -0.25) is 0 Å². The summed E-state index contributed by atoms with van der Waals surface area (Å²) < 4.78 is 2.02. The number of rotatable bonds is 4. The third kappa shape index (κ3) is 3.36. The minimum atomic E-state index is 0.596. The first-order chi connectivity index (χ1) is 8.22. The maximum atomic E-state index is 5.91. The SMILES string of the molecule is ClCCN(c1ncc(Br)cc1Br)C1CCCC1. The molecule has 1 aliphatic rings. The van der Waals surface area contributed by atoms with Crippen LogP contribution in [0.1, 0.15) is 25.7 Å². The van der Waals surface area contributed by atoms with Gasteiger partial charge in [-0.25, -0.2) is 4.98 Å². The third-order valence-corrected chi connectivity index (χ3v) is 4.34. The average Bonchev–Trinajstić information content (AvgIpc) is 2.80. The molecule has 5 heteroatoms. The van der Waals surface area contributed by atoms with Crippen LogP contribution in [0.25, 0.3) is 0 Å². The van der Waals surface area contributed by atoms with Crippen LogP contribution in [0.3, 0.4) is 0 Å². The molecule has 0 N–H and O–H groups in total. The van der Waals surface area contributed by atoms with Gasteiger partial charge in [-0.05, 0) is 50.8 Å². The van der Waals surface area contributed by atoms with Crippen molar-refractivity contribution in [3.05, 3.63) is 21.2 Å². The largest absolute Gasteiger partial charge is 0.352 e. The number of hydrogen-bond acceptors (Lipinski definition) is 2. The molecule has 1 aromatic rings. The van der Waals surface area contributed by atoms with E-state index in [9.17, 15) is 0 Å². The number of pyridine rings is 1. The van der Waals surface area contributed by atoms with E-state index in [4.69, 9.17) is 11.6 Å². The van der Waals surface area contributed by atoms with Crippen LogP contribution in [0.15, 0.2) is 21.2 Å². The van der Waals surface area contributed by atoms with E-state index in [-0.39, 0.29) is 0 Å². The highest BCUT2D eigenvalue weighted by molar-refractivity contribution is 9.11. The summed E-state index contributed by atoms with van der Waals surface area (Å²) in [6, 6.07) is 2.64. The van der Waals surface area contributed by atoms with Crippen LogP contribution in [0.5, 0.6) is 0 Å². The number of halogens is 3. The molecule has 1 fully saturated rings. The maximum Gasteiger partial charge on any atom is 0.143 e. The molecule has 0 atom stereocenters. The molecule has 0 saturated heterocycles. The van der Waals surface area contributed by atoms with E-state index in [2.05, 4.69) is 41.7 Å². The molecule has 1 saturated carbocycles. The van der Waals surface area contributed by atoms with Crippen molar-refractivity contribution < 1.29 is 0 Å². The summed E-state index contributed by atoms with van der Waals surface area (Å²) in [4.78, 5) is 6.86. The Hall–Kier alpha value is 0.200. The molecule has 0 unspecified atom stereocenters. The Morgan fingerprint density at radius 1 is 1.35 bits per heavy atom. The van der Waals surface area contributed by atoms with Gasteiger partial charge in [-0.1, -0.05) is 12.8 Å². The Bertz CT molecular complexity index is 381. The van der Waals surface area contributed by atoms with Gasteiger partial charge in [0.15, 0.2) is 0 Å². The lowest BCUT2D eigenvalue weighted by molar-refractivity contribution is 0.613. The van der Waals surface area contributed by atoms with Gasteiger partial charge in [0.1, 0.15) is 5.82 Å². The van der Waals surface area contributed by atoms with Crippen LogP contribution in [0.4, 0.5) is 5.82 Å². The fraction of sp³-hybridized carbons (Fsp3) is 0.583. The molecular weight excluding hydrogens is 367 g/mol. The van der Waals surface area contributed by atoms with E-state index in [1.807, 2.05) is 12.3 Å². The summed E-state index contributed by atoms with van der Waals surface area (Å²) in [5, 5.41) is 0. The van der Waals surface area contributed by atoms with Crippen LogP contribution >= 0.6 is 43.5 Å². The number of nitrogens with zero attached hydrogens (tertiary/aromatic N) is 2. The highest BCUT2D eigenvalue weighted by Crippen LogP contribution is 2.32. The molecule has 0 aliphatic heterocycles. The number of hydrogen-bond donors (Lipinski definition) is 0. The molecule has 1 heterocycles. The van der Waals surface area contributed by atoms with E-state index in [0.29, 0.717) is 11.9 Å². The van der Waals surface area contributed by atoms with E-state index < -0.39 is 0 Å². The molecule has 0 aromatic carbocycles. The zero-order valence-corrected chi connectivity index (χ0v) is 13.4. The molecule has 0 radical (unpaired) electrons. The number of aromatic nitrogens is 1. The van der Waals surface area contributed by atoms with Crippen molar-refractivity contribution in [2.45, 2.75) is 31.7 Å². The fourth-order valence-electron chi connectivity index (χ4n) is 2.39. The van der Waals surface area contributed by atoms with Crippen LogP contribution in [0, 0.1) is 0 Å². The summed E-state index contributed by atoms with van der Waals surface area (Å²) >= 11 is 12.9. The second-order valence-electron chi connectivity index (χ2n) is 4.28. The molecule has 94 valence electrons. The van der Waals surface area contributed by atoms with Gasteiger partial charge in [0, 0.05) is 29.1 Å². The van der Waals surface area contributed by atoms with Crippen LogP contribution in [-0.4, -0.2) is 23.5 Å². The van der Waals surface area contributed by atoms with Crippen molar-refractivity contribution in [1.29, 1.82) is 0 Å². The summed E-state index contributed by atoms with van der Waals surface area (Å²) in [6.07, 6.45) is 6.98. The standard InChI is InChI=1S/C12H15Br2ClN2/c13-9-7-11(14)12(16-8-9)17(6-5-15)10-3-1-2-4-10/h7-8,10H,1-6H2. The fourth-order valence-corrected chi connectivity index (χ4v) is 3.78.